The number of benzene rings is 2. The van der Waals surface area contributed by atoms with E-state index in [1.165, 1.54) is 24.0 Å². The van der Waals surface area contributed by atoms with Gasteiger partial charge < -0.3 is 19.7 Å². The summed E-state index contributed by atoms with van der Waals surface area (Å²) >= 11 is 0. The second-order valence-electron chi connectivity index (χ2n) is 6.62. The lowest BCUT2D eigenvalue weighted by Crippen LogP contribution is -2.31. The molecule has 5 heteroatoms. The van der Waals surface area contributed by atoms with Gasteiger partial charge in [0.2, 0.25) is 6.79 Å². The zero-order chi connectivity index (χ0) is 17.2. The van der Waals surface area contributed by atoms with Crippen LogP contribution in [0.5, 0.6) is 11.5 Å². The Bertz CT molecular complexity index is 804. The van der Waals surface area contributed by atoms with Crippen LogP contribution in [0.25, 0.3) is 0 Å². The third-order valence-corrected chi connectivity index (χ3v) is 4.84. The number of anilines is 1. The number of hydrogen-bond donors (Lipinski definition) is 1. The highest BCUT2D eigenvalue weighted by atomic mass is 16.7. The molecule has 0 saturated heterocycles. The number of amides is 2. The van der Waals surface area contributed by atoms with Crippen molar-refractivity contribution in [1.82, 2.24) is 4.90 Å². The molecule has 25 heavy (non-hydrogen) atoms. The second kappa shape index (κ2) is 6.67. The molecule has 1 aliphatic carbocycles. The lowest BCUT2D eigenvalue weighted by molar-refractivity contribution is 0.174. The van der Waals surface area contributed by atoms with Gasteiger partial charge in [-0.1, -0.05) is 18.2 Å². The third kappa shape index (κ3) is 3.27. The Morgan fingerprint density at radius 2 is 1.96 bits per heavy atom. The molecule has 0 fully saturated rings. The molecule has 2 amide bonds. The van der Waals surface area contributed by atoms with Gasteiger partial charge in [0, 0.05) is 19.3 Å². The molecule has 0 bridgehead atoms. The molecule has 0 atom stereocenters. The Labute approximate surface area is 147 Å². The molecule has 0 unspecified atom stereocenters. The van der Waals surface area contributed by atoms with Gasteiger partial charge in [0.25, 0.3) is 0 Å². The van der Waals surface area contributed by atoms with Crippen LogP contribution in [-0.2, 0) is 19.4 Å². The van der Waals surface area contributed by atoms with Crippen molar-refractivity contribution < 1.29 is 14.3 Å². The minimum absolute atomic E-state index is 0.100. The minimum atomic E-state index is -0.100. The van der Waals surface area contributed by atoms with Gasteiger partial charge in [-0.25, -0.2) is 4.79 Å². The maximum Gasteiger partial charge on any atom is 0.321 e. The number of carbonyl (C=O) groups excluding carboxylic acids is 1. The summed E-state index contributed by atoms with van der Waals surface area (Å²) in [5, 5.41) is 3.07. The molecular formula is C20H22N2O3. The van der Waals surface area contributed by atoms with Crippen LogP contribution in [0.1, 0.15) is 29.5 Å². The van der Waals surface area contributed by atoms with Gasteiger partial charge in [-0.3, -0.25) is 0 Å². The Morgan fingerprint density at radius 1 is 1.12 bits per heavy atom. The second-order valence-corrected chi connectivity index (χ2v) is 6.62. The van der Waals surface area contributed by atoms with Crippen molar-refractivity contribution in [3.05, 3.63) is 53.1 Å². The molecular weight excluding hydrogens is 316 g/mol. The molecule has 4 rings (SSSR count). The number of hydrogen-bond acceptors (Lipinski definition) is 3. The van der Waals surface area contributed by atoms with Crippen LogP contribution in [0, 0.1) is 0 Å². The number of ether oxygens (including phenoxy) is 2. The van der Waals surface area contributed by atoms with E-state index in [0.717, 1.165) is 35.6 Å². The predicted octanol–water partition coefficient (Wildman–Crippen LogP) is 3.96. The van der Waals surface area contributed by atoms with Crippen molar-refractivity contribution >= 4 is 11.7 Å². The fourth-order valence-corrected chi connectivity index (χ4v) is 3.49. The fraction of sp³-hybridized carbons (Fsp3) is 0.350. The summed E-state index contributed by atoms with van der Waals surface area (Å²) in [5.41, 5.74) is 4.61. The lowest BCUT2D eigenvalue weighted by atomic mass is 9.90. The highest BCUT2D eigenvalue weighted by molar-refractivity contribution is 5.90. The minimum Gasteiger partial charge on any atom is -0.454 e. The average Bonchev–Trinajstić information content (AvgIpc) is 3.10. The smallest absolute Gasteiger partial charge is 0.321 e. The highest BCUT2D eigenvalue weighted by Gasteiger charge is 2.18. The first kappa shape index (κ1) is 15.8. The van der Waals surface area contributed by atoms with Crippen LogP contribution in [0.2, 0.25) is 0 Å². The predicted molar refractivity (Wildman–Crippen MR) is 96.1 cm³/mol. The van der Waals surface area contributed by atoms with E-state index in [-0.39, 0.29) is 12.8 Å². The van der Waals surface area contributed by atoms with Crippen molar-refractivity contribution in [3.63, 3.8) is 0 Å². The lowest BCUT2D eigenvalue weighted by Gasteiger charge is -2.22. The highest BCUT2D eigenvalue weighted by Crippen LogP contribution is 2.33. The molecule has 5 nitrogen and oxygen atoms in total. The van der Waals surface area contributed by atoms with E-state index in [2.05, 4.69) is 11.4 Å². The summed E-state index contributed by atoms with van der Waals surface area (Å²) in [6, 6.07) is 11.9. The quantitative estimate of drug-likeness (QED) is 0.922. The monoisotopic (exact) mass is 338 g/mol. The molecule has 0 aromatic heterocycles. The molecule has 2 aliphatic rings. The van der Waals surface area contributed by atoms with E-state index in [9.17, 15) is 4.79 Å². The number of nitrogens with one attached hydrogen (secondary N) is 1. The molecule has 0 radical (unpaired) electrons. The summed E-state index contributed by atoms with van der Waals surface area (Å²) in [6.45, 7) is 0.770. The molecule has 1 N–H and O–H groups in total. The molecule has 0 saturated carbocycles. The van der Waals surface area contributed by atoms with Crippen LogP contribution < -0.4 is 14.8 Å². The van der Waals surface area contributed by atoms with E-state index in [1.807, 2.05) is 30.3 Å². The van der Waals surface area contributed by atoms with E-state index in [0.29, 0.717) is 6.54 Å². The first-order valence-corrected chi connectivity index (χ1v) is 8.72. The molecule has 2 aromatic rings. The summed E-state index contributed by atoms with van der Waals surface area (Å²) in [5.74, 6) is 1.50. The maximum absolute atomic E-state index is 12.6. The topological polar surface area (TPSA) is 50.8 Å². The van der Waals surface area contributed by atoms with Gasteiger partial charge in [-0.15, -0.1) is 0 Å². The van der Waals surface area contributed by atoms with Crippen LogP contribution >= 0.6 is 0 Å². The van der Waals surface area contributed by atoms with Crippen molar-refractivity contribution in [2.75, 3.05) is 19.2 Å². The van der Waals surface area contributed by atoms with Crippen molar-refractivity contribution in [2.24, 2.45) is 0 Å². The Morgan fingerprint density at radius 3 is 2.88 bits per heavy atom. The van der Waals surface area contributed by atoms with Crippen LogP contribution in [0.15, 0.2) is 36.4 Å². The largest absolute Gasteiger partial charge is 0.454 e. The first-order valence-electron chi connectivity index (χ1n) is 8.72. The average molecular weight is 338 g/mol. The standard InChI is InChI=1S/C20H22N2O3/c1-22(12-14-9-10-18-19(11-14)25-13-24-18)20(23)21-17-8-4-6-15-5-2-3-7-16(15)17/h4,6,8-11H,2-3,5,7,12-13H2,1H3,(H,21,23). The Hall–Kier alpha value is -2.69. The number of aryl methyl sites for hydroxylation is 1. The summed E-state index contributed by atoms with van der Waals surface area (Å²) in [4.78, 5) is 14.3. The summed E-state index contributed by atoms with van der Waals surface area (Å²) in [7, 11) is 1.80. The van der Waals surface area contributed by atoms with Gasteiger partial charge in [0.05, 0.1) is 0 Å². The van der Waals surface area contributed by atoms with Crippen LogP contribution in [-0.4, -0.2) is 24.8 Å². The summed E-state index contributed by atoms with van der Waals surface area (Å²) in [6.07, 6.45) is 4.56. The normalized spacial score (nSPS) is 14.8. The van der Waals surface area contributed by atoms with Crippen molar-refractivity contribution in [2.45, 2.75) is 32.2 Å². The maximum atomic E-state index is 12.6. The molecule has 0 spiro atoms. The summed E-state index contributed by atoms with van der Waals surface area (Å²) < 4.78 is 10.7. The molecule has 130 valence electrons. The number of rotatable bonds is 3. The Balaban J connectivity index is 1.44. The first-order chi connectivity index (χ1) is 12.2. The molecule has 1 aliphatic heterocycles. The van der Waals surface area contributed by atoms with Gasteiger partial charge in [-0.2, -0.15) is 0 Å². The van der Waals surface area contributed by atoms with Crippen LogP contribution in [0.4, 0.5) is 10.5 Å². The van der Waals surface area contributed by atoms with E-state index in [4.69, 9.17) is 9.47 Å². The van der Waals surface area contributed by atoms with Gasteiger partial charge in [0.1, 0.15) is 0 Å². The van der Waals surface area contributed by atoms with E-state index >= 15 is 0 Å². The Kier molecular flexibility index (Phi) is 4.22. The third-order valence-electron chi connectivity index (χ3n) is 4.84. The zero-order valence-corrected chi connectivity index (χ0v) is 14.4. The molecule has 2 aromatic carbocycles. The van der Waals surface area contributed by atoms with E-state index < -0.39 is 0 Å². The zero-order valence-electron chi connectivity index (χ0n) is 14.4. The van der Waals surface area contributed by atoms with Gasteiger partial charge in [0.15, 0.2) is 11.5 Å². The SMILES string of the molecule is CN(Cc1ccc2c(c1)OCO2)C(=O)Nc1cccc2c1CCCC2. The number of urea groups is 1. The number of fused-ring (bicyclic) bond motifs is 2. The molecule has 1 heterocycles. The van der Waals surface area contributed by atoms with Crippen molar-refractivity contribution in [1.29, 1.82) is 0 Å². The van der Waals surface area contributed by atoms with Gasteiger partial charge in [-0.05, 0) is 60.6 Å². The fourth-order valence-electron chi connectivity index (χ4n) is 3.49. The van der Waals surface area contributed by atoms with Crippen molar-refractivity contribution in [3.8, 4) is 11.5 Å². The number of carbonyl (C=O) groups is 1. The number of nitrogens with zero attached hydrogens (tertiary/aromatic N) is 1. The van der Waals surface area contributed by atoms with E-state index in [1.54, 1.807) is 11.9 Å². The van der Waals surface area contributed by atoms with Gasteiger partial charge >= 0.3 is 6.03 Å². The van der Waals surface area contributed by atoms with Crippen LogP contribution in [0.3, 0.4) is 0 Å².